The molecule has 0 aliphatic carbocycles. The third kappa shape index (κ3) is 5.10. The molecule has 1 N–H and O–H groups in total. The number of aromatic nitrogens is 1. The molecule has 0 atom stereocenters. The normalized spacial score (nSPS) is 10.6. The van der Waals surface area contributed by atoms with Gasteiger partial charge in [0.1, 0.15) is 5.82 Å². The molecule has 0 radical (unpaired) electrons. The van der Waals surface area contributed by atoms with Crippen molar-refractivity contribution < 1.29 is 18.7 Å². The van der Waals surface area contributed by atoms with E-state index in [1.54, 1.807) is 11.4 Å². The molecule has 0 spiro atoms. The summed E-state index contributed by atoms with van der Waals surface area (Å²) >= 11 is 1.29. The molecule has 0 bridgehead atoms. The quantitative estimate of drug-likeness (QED) is 0.679. The van der Waals surface area contributed by atoms with Crippen LogP contribution in [0.3, 0.4) is 0 Å². The molecular weight excluding hydrogens is 307 g/mol. The van der Waals surface area contributed by atoms with Crippen molar-refractivity contribution in [2.24, 2.45) is 0 Å². The fourth-order valence-electron chi connectivity index (χ4n) is 1.53. The number of benzene rings is 1. The van der Waals surface area contributed by atoms with Gasteiger partial charge in [-0.05, 0) is 30.7 Å². The summed E-state index contributed by atoms with van der Waals surface area (Å²) in [6.07, 6.45) is 2.54. The highest BCUT2D eigenvalue weighted by atomic mass is 32.1. The van der Waals surface area contributed by atoms with Crippen molar-refractivity contribution in [2.75, 3.05) is 11.9 Å². The van der Waals surface area contributed by atoms with Crippen LogP contribution in [0.1, 0.15) is 11.3 Å². The number of hydrogen-bond acceptors (Lipinski definition) is 5. The SMILES string of the molecule is Cc1csc(NC(=O)COC(=O)/C=C/c2cccc(F)c2)n1. The predicted molar refractivity (Wildman–Crippen MR) is 81.9 cm³/mol. The molecule has 0 aliphatic rings. The van der Waals surface area contributed by atoms with Crippen molar-refractivity contribution in [3.63, 3.8) is 0 Å². The number of ether oxygens (including phenoxy) is 1. The van der Waals surface area contributed by atoms with E-state index in [0.29, 0.717) is 10.7 Å². The second-order valence-corrected chi connectivity index (χ2v) is 5.20. The average Bonchev–Trinajstić information content (AvgIpc) is 2.88. The van der Waals surface area contributed by atoms with Gasteiger partial charge in [0.15, 0.2) is 11.7 Å². The van der Waals surface area contributed by atoms with E-state index in [2.05, 4.69) is 10.3 Å². The third-order valence-corrected chi connectivity index (χ3v) is 3.35. The standard InChI is InChI=1S/C15H13FN2O3S/c1-10-9-22-15(17-10)18-13(19)8-21-14(20)6-5-11-3-2-4-12(16)7-11/h2-7,9H,8H2,1H3,(H,17,18,19)/b6-5+. The number of nitrogens with zero attached hydrogens (tertiary/aromatic N) is 1. The number of carbonyl (C=O) groups is 2. The molecule has 2 aromatic rings. The van der Waals surface area contributed by atoms with Crippen LogP contribution in [-0.2, 0) is 14.3 Å². The zero-order valence-corrected chi connectivity index (χ0v) is 12.5. The Morgan fingerprint density at radius 3 is 2.95 bits per heavy atom. The Kier molecular flexibility index (Phi) is 5.37. The monoisotopic (exact) mass is 320 g/mol. The first-order valence-electron chi connectivity index (χ1n) is 6.35. The number of carbonyl (C=O) groups excluding carboxylic acids is 2. The van der Waals surface area contributed by atoms with E-state index >= 15 is 0 Å². The second-order valence-electron chi connectivity index (χ2n) is 4.34. The average molecular weight is 320 g/mol. The van der Waals surface area contributed by atoms with Gasteiger partial charge in [0.25, 0.3) is 5.91 Å². The molecule has 1 aromatic carbocycles. The molecule has 0 saturated carbocycles. The summed E-state index contributed by atoms with van der Waals surface area (Å²) in [6.45, 7) is 1.40. The van der Waals surface area contributed by atoms with Crippen molar-refractivity contribution in [3.05, 3.63) is 52.8 Å². The lowest BCUT2D eigenvalue weighted by molar-refractivity contribution is -0.142. The van der Waals surface area contributed by atoms with Gasteiger partial charge in [0, 0.05) is 11.5 Å². The van der Waals surface area contributed by atoms with E-state index in [0.717, 1.165) is 11.8 Å². The maximum atomic E-state index is 12.9. The summed E-state index contributed by atoms with van der Waals surface area (Å²) in [5.41, 5.74) is 1.33. The van der Waals surface area contributed by atoms with Crippen LogP contribution in [-0.4, -0.2) is 23.5 Å². The summed E-state index contributed by atoms with van der Waals surface area (Å²) in [5.74, 6) is -1.55. The molecule has 22 heavy (non-hydrogen) atoms. The first-order chi connectivity index (χ1) is 10.5. The highest BCUT2D eigenvalue weighted by molar-refractivity contribution is 7.13. The van der Waals surface area contributed by atoms with Crippen molar-refractivity contribution in [3.8, 4) is 0 Å². The Labute approximate surface area is 130 Å². The minimum Gasteiger partial charge on any atom is -0.452 e. The topological polar surface area (TPSA) is 68.3 Å². The highest BCUT2D eigenvalue weighted by Gasteiger charge is 2.07. The lowest BCUT2D eigenvalue weighted by atomic mass is 10.2. The van der Waals surface area contributed by atoms with E-state index in [1.165, 1.54) is 35.6 Å². The van der Waals surface area contributed by atoms with E-state index < -0.39 is 24.3 Å². The van der Waals surface area contributed by atoms with Gasteiger partial charge >= 0.3 is 5.97 Å². The van der Waals surface area contributed by atoms with Gasteiger partial charge in [-0.2, -0.15) is 0 Å². The zero-order valence-electron chi connectivity index (χ0n) is 11.7. The van der Waals surface area contributed by atoms with Crippen LogP contribution in [0.15, 0.2) is 35.7 Å². The van der Waals surface area contributed by atoms with Crippen LogP contribution in [0.5, 0.6) is 0 Å². The minimum atomic E-state index is -0.685. The Balaban J connectivity index is 1.78. The Morgan fingerprint density at radius 1 is 1.45 bits per heavy atom. The molecule has 7 heteroatoms. The first kappa shape index (κ1) is 15.8. The summed E-state index contributed by atoms with van der Waals surface area (Å²) < 4.78 is 17.7. The molecule has 0 aliphatic heterocycles. The largest absolute Gasteiger partial charge is 0.452 e. The summed E-state index contributed by atoms with van der Waals surface area (Å²) in [6, 6.07) is 5.76. The molecule has 1 aromatic heterocycles. The first-order valence-corrected chi connectivity index (χ1v) is 7.23. The van der Waals surface area contributed by atoms with Gasteiger partial charge < -0.3 is 4.74 Å². The summed E-state index contributed by atoms with van der Waals surface area (Å²) in [5, 5.41) is 4.76. The Hall–Kier alpha value is -2.54. The zero-order chi connectivity index (χ0) is 15.9. The minimum absolute atomic E-state index is 0.395. The molecule has 1 amide bonds. The van der Waals surface area contributed by atoms with Crippen molar-refractivity contribution in [1.82, 2.24) is 4.98 Å². The second kappa shape index (κ2) is 7.46. The molecule has 2 rings (SSSR count). The Bertz CT molecular complexity index is 712. The summed E-state index contributed by atoms with van der Waals surface area (Å²) in [7, 11) is 0. The number of anilines is 1. The fraction of sp³-hybridized carbons (Fsp3) is 0.133. The van der Waals surface area contributed by atoms with Gasteiger partial charge in [-0.15, -0.1) is 11.3 Å². The molecule has 1 heterocycles. The van der Waals surface area contributed by atoms with Gasteiger partial charge in [-0.1, -0.05) is 12.1 Å². The number of hydrogen-bond donors (Lipinski definition) is 1. The maximum Gasteiger partial charge on any atom is 0.331 e. The van der Waals surface area contributed by atoms with Crippen LogP contribution < -0.4 is 5.32 Å². The number of aryl methyl sites for hydroxylation is 1. The molecular formula is C15H13FN2O3S. The number of nitrogens with one attached hydrogen (secondary N) is 1. The van der Waals surface area contributed by atoms with Crippen molar-refractivity contribution >= 4 is 34.4 Å². The van der Waals surface area contributed by atoms with Crippen molar-refractivity contribution in [2.45, 2.75) is 6.92 Å². The van der Waals surface area contributed by atoms with Crippen LogP contribution >= 0.6 is 11.3 Å². The predicted octanol–water partition coefficient (Wildman–Crippen LogP) is 2.79. The molecule has 0 fully saturated rings. The number of thiazole rings is 1. The van der Waals surface area contributed by atoms with Crippen LogP contribution in [0, 0.1) is 12.7 Å². The molecule has 5 nitrogen and oxygen atoms in total. The van der Waals surface area contributed by atoms with Gasteiger partial charge in [-0.3, -0.25) is 10.1 Å². The van der Waals surface area contributed by atoms with E-state index in [1.807, 2.05) is 6.92 Å². The number of amides is 1. The number of esters is 1. The van der Waals surface area contributed by atoms with Gasteiger partial charge in [0.05, 0.1) is 5.69 Å². The molecule has 114 valence electrons. The van der Waals surface area contributed by atoms with Gasteiger partial charge in [0.2, 0.25) is 0 Å². The highest BCUT2D eigenvalue weighted by Crippen LogP contribution is 2.13. The lowest BCUT2D eigenvalue weighted by Crippen LogP contribution is -2.20. The van der Waals surface area contributed by atoms with Crippen LogP contribution in [0.25, 0.3) is 6.08 Å². The lowest BCUT2D eigenvalue weighted by Gasteiger charge is -2.02. The Morgan fingerprint density at radius 2 is 2.27 bits per heavy atom. The van der Waals surface area contributed by atoms with E-state index in [-0.39, 0.29) is 0 Å². The number of halogens is 1. The van der Waals surface area contributed by atoms with E-state index in [9.17, 15) is 14.0 Å². The summed E-state index contributed by atoms with van der Waals surface area (Å²) in [4.78, 5) is 27.1. The van der Waals surface area contributed by atoms with Crippen LogP contribution in [0.2, 0.25) is 0 Å². The smallest absolute Gasteiger partial charge is 0.331 e. The van der Waals surface area contributed by atoms with Gasteiger partial charge in [-0.25, -0.2) is 14.2 Å². The van der Waals surface area contributed by atoms with Crippen molar-refractivity contribution in [1.29, 1.82) is 0 Å². The van der Waals surface area contributed by atoms with E-state index in [4.69, 9.17) is 4.74 Å². The third-order valence-electron chi connectivity index (χ3n) is 2.47. The van der Waals surface area contributed by atoms with Crippen LogP contribution in [0.4, 0.5) is 9.52 Å². The molecule has 0 saturated heterocycles. The maximum absolute atomic E-state index is 12.9. The molecule has 0 unspecified atom stereocenters. The fourth-order valence-corrected chi connectivity index (χ4v) is 2.23. The number of rotatable bonds is 5.